The van der Waals surface area contributed by atoms with E-state index in [0.717, 1.165) is 19.4 Å². The summed E-state index contributed by atoms with van der Waals surface area (Å²) in [7, 11) is 1.80. The van der Waals surface area contributed by atoms with Crippen molar-refractivity contribution in [1.29, 1.82) is 0 Å². The Kier molecular flexibility index (Phi) is 6.25. The van der Waals surface area contributed by atoms with Crippen molar-refractivity contribution in [3.05, 3.63) is 58.3 Å². The van der Waals surface area contributed by atoms with Crippen molar-refractivity contribution in [3.63, 3.8) is 0 Å². The van der Waals surface area contributed by atoms with Gasteiger partial charge in [-0.3, -0.25) is 0 Å². The van der Waals surface area contributed by atoms with Crippen LogP contribution in [-0.4, -0.2) is 19.7 Å². The fourth-order valence-corrected chi connectivity index (χ4v) is 3.14. The van der Waals surface area contributed by atoms with Crippen molar-refractivity contribution >= 4 is 11.3 Å². The number of methoxy groups -OCH3 is 1. The second-order valence-corrected chi connectivity index (χ2v) is 5.74. The molecule has 1 heterocycles. The molecule has 20 heavy (non-hydrogen) atoms. The maximum absolute atomic E-state index is 5.79. The Hall–Kier alpha value is -1.16. The van der Waals surface area contributed by atoms with E-state index in [1.54, 1.807) is 18.4 Å². The second-order valence-electron chi connectivity index (χ2n) is 4.96. The molecule has 0 aliphatic carbocycles. The molecule has 1 aromatic heterocycles. The smallest absolute Gasteiger partial charge is 0.0977 e. The molecule has 2 rings (SSSR count). The molecule has 0 bridgehead atoms. The van der Waals surface area contributed by atoms with Crippen molar-refractivity contribution in [3.8, 4) is 0 Å². The molecule has 0 saturated heterocycles. The van der Waals surface area contributed by atoms with Crippen LogP contribution in [0.1, 0.15) is 30.6 Å². The van der Waals surface area contributed by atoms with Gasteiger partial charge in [0.1, 0.15) is 0 Å². The highest BCUT2D eigenvalue weighted by Gasteiger charge is 2.22. The van der Waals surface area contributed by atoms with Crippen LogP contribution in [0.4, 0.5) is 0 Å². The van der Waals surface area contributed by atoms with Crippen LogP contribution in [0.25, 0.3) is 0 Å². The fourth-order valence-electron chi connectivity index (χ4n) is 2.45. The molecule has 2 nitrogen and oxygen atoms in total. The third kappa shape index (κ3) is 4.17. The Morgan fingerprint density at radius 1 is 1.20 bits per heavy atom. The van der Waals surface area contributed by atoms with Gasteiger partial charge in [0.05, 0.1) is 6.10 Å². The third-order valence-corrected chi connectivity index (χ3v) is 4.17. The van der Waals surface area contributed by atoms with E-state index >= 15 is 0 Å². The highest BCUT2D eigenvalue weighted by molar-refractivity contribution is 7.07. The summed E-state index contributed by atoms with van der Waals surface area (Å²) in [6.07, 6.45) is 2.21. The molecule has 2 aromatic rings. The van der Waals surface area contributed by atoms with Gasteiger partial charge in [0.2, 0.25) is 0 Å². The molecule has 0 aliphatic rings. The van der Waals surface area contributed by atoms with Gasteiger partial charge < -0.3 is 10.1 Å². The summed E-state index contributed by atoms with van der Waals surface area (Å²) in [6.45, 7) is 3.21. The molecule has 2 unspecified atom stereocenters. The summed E-state index contributed by atoms with van der Waals surface area (Å²) < 4.78 is 5.79. The quantitative estimate of drug-likeness (QED) is 0.791. The predicted octanol–water partition coefficient (Wildman–Crippen LogP) is 4.05. The Balaban J connectivity index is 2.14. The standard InChI is InChI=1S/C17H23NOS/c1-3-10-18-16(12-14-9-11-20-13-14)17(19-2)15-7-5-4-6-8-15/h4-9,11,13,16-18H,3,10,12H2,1-2H3. The number of thiophene rings is 1. The number of ether oxygens (including phenoxy) is 1. The van der Waals surface area contributed by atoms with Gasteiger partial charge in [0.15, 0.2) is 0 Å². The van der Waals surface area contributed by atoms with Crippen molar-refractivity contribution < 1.29 is 4.74 Å². The van der Waals surface area contributed by atoms with Gasteiger partial charge >= 0.3 is 0 Å². The molecule has 3 heteroatoms. The highest BCUT2D eigenvalue weighted by atomic mass is 32.1. The Bertz CT molecular complexity index is 469. The van der Waals surface area contributed by atoms with Gasteiger partial charge in [-0.2, -0.15) is 11.3 Å². The average Bonchev–Trinajstić information content (AvgIpc) is 2.99. The minimum atomic E-state index is 0.0858. The molecule has 108 valence electrons. The molecule has 0 fully saturated rings. The zero-order valence-electron chi connectivity index (χ0n) is 12.2. The van der Waals surface area contributed by atoms with Crippen LogP contribution in [0.3, 0.4) is 0 Å². The molecule has 0 radical (unpaired) electrons. The summed E-state index contributed by atoms with van der Waals surface area (Å²) >= 11 is 1.75. The van der Waals surface area contributed by atoms with Gasteiger partial charge in [-0.1, -0.05) is 37.3 Å². The second kappa shape index (κ2) is 8.20. The summed E-state index contributed by atoms with van der Waals surface area (Å²) in [5.41, 5.74) is 2.61. The van der Waals surface area contributed by atoms with Crippen molar-refractivity contribution in [2.75, 3.05) is 13.7 Å². The van der Waals surface area contributed by atoms with Crippen LogP contribution in [-0.2, 0) is 11.2 Å². The lowest BCUT2D eigenvalue weighted by Crippen LogP contribution is -2.38. The predicted molar refractivity (Wildman–Crippen MR) is 86.3 cm³/mol. The van der Waals surface area contributed by atoms with E-state index < -0.39 is 0 Å². The topological polar surface area (TPSA) is 21.3 Å². The van der Waals surface area contributed by atoms with Gasteiger partial charge in [-0.15, -0.1) is 0 Å². The number of rotatable bonds is 8. The SMILES string of the molecule is CCCNC(Cc1ccsc1)C(OC)c1ccccc1. The maximum Gasteiger partial charge on any atom is 0.0977 e. The largest absolute Gasteiger partial charge is 0.375 e. The molecule has 0 amide bonds. The number of hydrogen-bond acceptors (Lipinski definition) is 3. The van der Waals surface area contributed by atoms with E-state index in [0.29, 0.717) is 6.04 Å². The van der Waals surface area contributed by atoms with Crippen molar-refractivity contribution in [2.45, 2.75) is 31.9 Å². The first-order chi connectivity index (χ1) is 9.85. The van der Waals surface area contributed by atoms with E-state index in [1.807, 2.05) is 6.07 Å². The zero-order valence-corrected chi connectivity index (χ0v) is 13.0. The maximum atomic E-state index is 5.79. The number of benzene rings is 1. The van der Waals surface area contributed by atoms with Gasteiger partial charge in [-0.05, 0) is 47.3 Å². The molecule has 0 aliphatic heterocycles. The van der Waals surface area contributed by atoms with E-state index in [9.17, 15) is 0 Å². The lowest BCUT2D eigenvalue weighted by atomic mass is 9.97. The first-order valence-corrected chi connectivity index (χ1v) is 8.11. The van der Waals surface area contributed by atoms with Gasteiger partial charge in [-0.25, -0.2) is 0 Å². The number of nitrogens with one attached hydrogen (secondary N) is 1. The summed E-state index contributed by atoms with van der Waals surface area (Å²) in [6, 6.07) is 13.0. The van der Waals surface area contributed by atoms with Crippen molar-refractivity contribution in [1.82, 2.24) is 5.32 Å². The molecule has 2 atom stereocenters. The summed E-state index contributed by atoms with van der Waals surface area (Å²) in [5.74, 6) is 0. The van der Waals surface area contributed by atoms with Gasteiger partial charge in [0, 0.05) is 13.2 Å². The Labute approximate surface area is 125 Å². The molecule has 1 aromatic carbocycles. The molecule has 0 spiro atoms. The third-order valence-electron chi connectivity index (χ3n) is 3.44. The zero-order chi connectivity index (χ0) is 14.2. The van der Waals surface area contributed by atoms with E-state index in [-0.39, 0.29) is 6.10 Å². The first-order valence-electron chi connectivity index (χ1n) is 7.17. The molecule has 0 saturated carbocycles. The first kappa shape index (κ1) is 15.2. The van der Waals surface area contributed by atoms with Gasteiger partial charge in [0.25, 0.3) is 0 Å². The summed E-state index contributed by atoms with van der Waals surface area (Å²) in [4.78, 5) is 0. The average molecular weight is 289 g/mol. The Morgan fingerprint density at radius 3 is 2.60 bits per heavy atom. The van der Waals surface area contributed by atoms with Crippen LogP contribution in [0.15, 0.2) is 47.2 Å². The van der Waals surface area contributed by atoms with Crippen LogP contribution in [0.5, 0.6) is 0 Å². The minimum absolute atomic E-state index is 0.0858. The van der Waals surface area contributed by atoms with E-state index in [1.165, 1.54) is 11.1 Å². The molecular weight excluding hydrogens is 266 g/mol. The summed E-state index contributed by atoms with van der Waals surface area (Å²) in [5, 5.41) is 7.99. The van der Waals surface area contributed by atoms with E-state index in [2.05, 4.69) is 53.3 Å². The molecule has 1 N–H and O–H groups in total. The van der Waals surface area contributed by atoms with Crippen LogP contribution in [0.2, 0.25) is 0 Å². The lowest BCUT2D eigenvalue weighted by molar-refractivity contribution is 0.0679. The lowest BCUT2D eigenvalue weighted by Gasteiger charge is -2.27. The van der Waals surface area contributed by atoms with E-state index in [4.69, 9.17) is 4.74 Å². The van der Waals surface area contributed by atoms with Crippen LogP contribution >= 0.6 is 11.3 Å². The normalized spacial score (nSPS) is 14.1. The minimum Gasteiger partial charge on any atom is -0.375 e. The van der Waals surface area contributed by atoms with Crippen LogP contribution < -0.4 is 5.32 Å². The molecular formula is C17H23NOS. The monoisotopic (exact) mass is 289 g/mol. The highest BCUT2D eigenvalue weighted by Crippen LogP contribution is 2.24. The Morgan fingerprint density at radius 2 is 2.00 bits per heavy atom. The van der Waals surface area contributed by atoms with Crippen LogP contribution in [0, 0.1) is 0 Å². The number of hydrogen-bond donors (Lipinski definition) is 1. The van der Waals surface area contributed by atoms with Crippen molar-refractivity contribution in [2.24, 2.45) is 0 Å². The fraction of sp³-hybridized carbons (Fsp3) is 0.412.